The molecule has 1 N–H and O–H groups in total. The lowest BCUT2D eigenvalue weighted by molar-refractivity contribution is -0.126. The number of anilines is 1. The van der Waals surface area contributed by atoms with E-state index < -0.39 is 5.92 Å². The number of nitrogens with one attached hydrogen (secondary N) is 1. The smallest absolute Gasteiger partial charge is 0.227 e. The molecule has 1 atom stereocenters. The van der Waals surface area contributed by atoms with Gasteiger partial charge in [-0.3, -0.25) is 9.59 Å². The van der Waals surface area contributed by atoms with Crippen molar-refractivity contribution in [3.8, 4) is 0 Å². The molecule has 0 spiro atoms. The Bertz CT molecular complexity index is 1010. The molecule has 0 aliphatic carbocycles. The fourth-order valence-corrected chi connectivity index (χ4v) is 3.27. The first-order chi connectivity index (χ1) is 13.0. The number of aromatic nitrogens is 1. The highest BCUT2D eigenvalue weighted by Crippen LogP contribution is 2.28. The molecule has 0 bridgehead atoms. The molecule has 138 valence electrons. The van der Waals surface area contributed by atoms with Gasteiger partial charge in [-0.15, -0.1) is 0 Å². The number of benzene rings is 2. The first-order valence-corrected chi connectivity index (χ1v) is 8.69. The molecule has 6 nitrogen and oxygen atoms in total. The van der Waals surface area contributed by atoms with E-state index in [9.17, 15) is 14.0 Å². The number of hydrogen-bond donors (Lipinski definition) is 1. The summed E-state index contributed by atoms with van der Waals surface area (Å²) in [7, 11) is 0. The molecule has 1 aromatic heterocycles. The molecule has 1 fully saturated rings. The summed E-state index contributed by atoms with van der Waals surface area (Å²) in [6, 6.07) is 11.3. The van der Waals surface area contributed by atoms with Gasteiger partial charge in [-0.1, -0.05) is 12.1 Å². The lowest BCUT2D eigenvalue weighted by Gasteiger charge is -2.16. The van der Waals surface area contributed by atoms with Crippen molar-refractivity contribution in [2.24, 2.45) is 5.92 Å². The first kappa shape index (κ1) is 17.2. The van der Waals surface area contributed by atoms with Crippen molar-refractivity contribution in [2.75, 3.05) is 11.4 Å². The number of hydrogen-bond acceptors (Lipinski definition) is 4. The molecule has 1 saturated heterocycles. The highest BCUT2D eigenvalue weighted by molar-refractivity contribution is 6.01. The summed E-state index contributed by atoms with van der Waals surface area (Å²) in [5, 5.41) is 2.82. The number of amides is 2. The van der Waals surface area contributed by atoms with E-state index in [0.717, 1.165) is 5.56 Å². The average Bonchev–Trinajstić information content (AvgIpc) is 3.22. The van der Waals surface area contributed by atoms with Gasteiger partial charge in [0.25, 0.3) is 0 Å². The van der Waals surface area contributed by atoms with E-state index >= 15 is 0 Å². The topological polar surface area (TPSA) is 75.4 Å². The molecule has 7 heteroatoms. The molecule has 27 heavy (non-hydrogen) atoms. The fraction of sp³-hybridized carbons (Fsp3) is 0.250. The van der Waals surface area contributed by atoms with Crippen molar-refractivity contribution in [2.45, 2.75) is 19.9 Å². The quantitative estimate of drug-likeness (QED) is 0.769. The van der Waals surface area contributed by atoms with E-state index in [0.29, 0.717) is 35.8 Å². The number of aryl methyl sites for hydroxylation is 1. The average molecular weight is 367 g/mol. The lowest BCUT2D eigenvalue weighted by atomic mass is 10.1. The maximum absolute atomic E-state index is 12.9. The number of carbonyl (C=O) groups is 2. The Labute approximate surface area is 155 Å². The molecule has 0 saturated carbocycles. The molecule has 0 radical (unpaired) electrons. The number of nitrogens with zero attached hydrogens (tertiary/aromatic N) is 2. The van der Waals surface area contributed by atoms with Crippen LogP contribution < -0.4 is 10.2 Å². The van der Waals surface area contributed by atoms with Crippen molar-refractivity contribution in [3.63, 3.8) is 0 Å². The van der Waals surface area contributed by atoms with E-state index in [1.54, 1.807) is 42.2 Å². The monoisotopic (exact) mass is 367 g/mol. The first-order valence-electron chi connectivity index (χ1n) is 8.69. The molecule has 4 rings (SSSR count). The molecule has 3 aromatic rings. The summed E-state index contributed by atoms with van der Waals surface area (Å²) in [6.07, 6.45) is 0.158. The normalized spacial score (nSPS) is 16.9. The van der Waals surface area contributed by atoms with Crippen LogP contribution in [-0.2, 0) is 16.1 Å². The van der Waals surface area contributed by atoms with Gasteiger partial charge in [0.2, 0.25) is 11.8 Å². The summed E-state index contributed by atoms with van der Waals surface area (Å²) < 4.78 is 18.4. The molecule has 1 aliphatic rings. The summed E-state index contributed by atoms with van der Waals surface area (Å²) >= 11 is 0. The Morgan fingerprint density at radius 1 is 1.30 bits per heavy atom. The van der Waals surface area contributed by atoms with Gasteiger partial charge in [-0.05, 0) is 35.9 Å². The Hall–Kier alpha value is -3.22. The largest absolute Gasteiger partial charge is 0.441 e. The van der Waals surface area contributed by atoms with Gasteiger partial charge in [0.05, 0.1) is 5.92 Å². The van der Waals surface area contributed by atoms with E-state index in [2.05, 4.69) is 10.3 Å². The maximum Gasteiger partial charge on any atom is 0.227 e. The van der Waals surface area contributed by atoms with Gasteiger partial charge in [0, 0.05) is 32.1 Å². The van der Waals surface area contributed by atoms with Crippen LogP contribution in [0.25, 0.3) is 11.1 Å². The molecular weight excluding hydrogens is 349 g/mol. The highest BCUT2D eigenvalue weighted by atomic mass is 19.1. The second kappa shape index (κ2) is 6.83. The van der Waals surface area contributed by atoms with Crippen LogP contribution in [0.2, 0.25) is 0 Å². The number of oxazole rings is 1. The molecular formula is C20H18FN3O3. The predicted octanol–water partition coefficient (Wildman–Crippen LogP) is 2.94. The SMILES string of the molecule is Cc1nc2cc(N3C[C@H](C(=O)NCc4ccc(F)cc4)CC3=O)ccc2o1. The van der Waals surface area contributed by atoms with E-state index in [1.807, 2.05) is 0 Å². The second-order valence-corrected chi connectivity index (χ2v) is 6.63. The van der Waals surface area contributed by atoms with Crippen molar-refractivity contribution in [1.82, 2.24) is 10.3 Å². The number of carbonyl (C=O) groups excluding carboxylic acids is 2. The summed E-state index contributed by atoms with van der Waals surface area (Å²) in [4.78, 5) is 30.7. The number of fused-ring (bicyclic) bond motifs is 1. The summed E-state index contributed by atoms with van der Waals surface area (Å²) in [6.45, 7) is 2.38. The molecule has 2 aromatic carbocycles. The molecule has 1 aliphatic heterocycles. The van der Waals surface area contributed by atoms with Crippen LogP contribution >= 0.6 is 0 Å². The number of rotatable bonds is 4. The minimum absolute atomic E-state index is 0.100. The fourth-order valence-electron chi connectivity index (χ4n) is 3.27. The van der Waals surface area contributed by atoms with Crippen molar-refractivity contribution < 1.29 is 18.4 Å². The summed E-state index contributed by atoms with van der Waals surface area (Å²) in [5.41, 5.74) is 2.85. The minimum Gasteiger partial charge on any atom is -0.441 e. The van der Waals surface area contributed by atoms with Gasteiger partial charge >= 0.3 is 0 Å². The Morgan fingerprint density at radius 2 is 2.07 bits per heavy atom. The Morgan fingerprint density at radius 3 is 2.85 bits per heavy atom. The van der Waals surface area contributed by atoms with Crippen LogP contribution in [0.1, 0.15) is 17.9 Å². The highest BCUT2D eigenvalue weighted by Gasteiger charge is 2.35. The van der Waals surface area contributed by atoms with Crippen LogP contribution in [0.15, 0.2) is 46.9 Å². The predicted molar refractivity (Wildman–Crippen MR) is 97.5 cm³/mol. The van der Waals surface area contributed by atoms with Crippen LogP contribution in [-0.4, -0.2) is 23.3 Å². The molecule has 2 heterocycles. The third kappa shape index (κ3) is 3.53. The summed E-state index contributed by atoms with van der Waals surface area (Å²) in [5.74, 6) is -0.466. The number of halogens is 1. The van der Waals surface area contributed by atoms with Crippen LogP contribution in [0.3, 0.4) is 0 Å². The van der Waals surface area contributed by atoms with Crippen LogP contribution in [0, 0.1) is 18.7 Å². The zero-order valence-corrected chi connectivity index (χ0v) is 14.7. The van der Waals surface area contributed by atoms with Gasteiger partial charge in [0.15, 0.2) is 11.5 Å². The molecule has 2 amide bonds. The van der Waals surface area contributed by atoms with Crippen molar-refractivity contribution in [1.29, 1.82) is 0 Å². The van der Waals surface area contributed by atoms with Crippen molar-refractivity contribution >= 4 is 28.6 Å². The van der Waals surface area contributed by atoms with E-state index in [4.69, 9.17) is 4.42 Å². The maximum atomic E-state index is 12.9. The van der Waals surface area contributed by atoms with Gasteiger partial charge < -0.3 is 14.6 Å². The zero-order valence-electron chi connectivity index (χ0n) is 14.7. The van der Waals surface area contributed by atoms with Gasteiger partial charge in [-0.25, -0.2) is 9.37 Å². The van der Waals surface area contributed by atoms with E-state index in [-0.39, 0.29) is 24.1 Å². The Balaban J connectivity index is 1.42. The molecule has 0 unspecified atom stereocenters. The second-order valence-electron chi connectivity index (χ2n) is 6.63. The third-order valence-electron chi connectivity index (χ3n) is 4.67. The third-order valence-corrected chi connectivity index (χ3v) is 4.67. The zero-order chi connectivity index (χ0) is 19.0. The standard InChI is InChI=1S/C20H18FN3O3/c1-12-23-17-9-16(6-7-18(17)27-12)24-11-14(8-19(24)25)20(26)22-10-13-2-4-15(21)5-3-13/h2-7,9,14H,8,10-11H2,1H3,(H,22,26)/t14-/m1/s1. The van der Waals surface area contributed by atoms with Gasteiger partial charge in [-0.2, -0.15) is 0 Å². The van der Waals surface area contributed by atoms with E-state index in [1.165, 1.54) is 12.1 Å². The van der Waals surface area contributed by atoms with Gasteiger partial charge in [0.1, 0.15) is 11.3 Å². The Kier molecular flexibility index (Phi) is 4.35. The van der Waals surface area contributed by atoms with Crippen molar-refractivity contribution in [3.05, 3.63) is 59.7 Å². The lowest BCUT2D eigenvalue weighted by Crippen LogP contribution is -2.32. The minimum atomic E-state index is -0.423. The van der Waals surface area contributed by atoms with Crippen LogP contribution in [0.5, 0.6) is 0 Å². The van der Waals surface area contributed by atoms with Crippen LogP contribution in [0.4, 0.5) is 10.1 Å².